The van der Waals surface area contributed by atoms with Crippen LogP contribution in [-0.4, -0.2) is 90.7 Å². The second-order valence-electron chi connectivity index (χ2n) is 7.84. The highest BCUT2D eigenvalue weighted by Gasteiger charge is 2.38. The second-order valence-corrected chi connectivity index (χ2v) is 8.24. The third-order valence-corrected chi connectivity index (χ3v) is 5.25. The van der Waals surface area contributed by atoms with Gasteiger partial charge < -0.3 is 19.8 Å². The molecule has 1 aromatic rings. The monoisotopic (exact) mass is 538 g/mol. The van der Waals surface area contributed by atoms with E-state index in [4.69, 9.17) is 36.1 Å². The minimum atomic E-state index is -5.08. The topological polar surface area (TPSA) is 90.3 Å². The molecule has 0 radical (unpaired) electrons. The fourth-order valence-electron chi connectivity index (χ4n) is 2.87. The van der Waals surface area contributed by atoms with E-state index in [1.165, 1.54) is 12.0 Å². The molecule has 0 aliphatic carbocycles. The maximum atomic E-state index is 10.6. The number of hydrogen-bond acceptors (Lipinski definition) is 5. The maximum absolute atomic E-state index is 10.6. The van der Waals surface area contributed by atoms with Gasteiger partial charge in [0.05, 0.1) is 13.2 Å². The van der Waals surface area contributed by atoms with E-state index < -0.39 is 24.3 Å². The molecule has 1 fully saturated rings. The quantitative estimate of drug-likeness (QED) is 0.537. The molecule has 0 amide bonds. The Kier molecular flexibility index (Phi) is 14.2. The summed E-state index contributed by atoms with van der Waals surface area (Å²) in [7, 11) is 4.26. The van der Waals surface area contributed by atoms with E-state index in [1.54, 1.807) is 0 Å². The van der Waals surface area contributed by atoms with E-state index in [2.05, 4.69) is 43.0 Å². The van der Waals surface area contributed by atoms with Gasteiger partial charge in [0.25, 0.3) is 0 Å². The first kappa shape index (κ1) is 32.9. The summed E-state index contributed by atoms with van der Waals surface area (Å²) in [5, 5.41) is 15.1. The summed E-state index contributed by atoms with van der Waals surface area (Å²) in [4.78, 5) is 22.5. The molecule has 14 heteroatoms. The predicted octanol–water partition coefficient (Wildman–Crippen LogP) is 4.40. The molecule has 202 valence electrons. The molecular formula is C21H29ClF6N2O5. The van der Waals surface area contributed by atoms with Gasteiger partial charge in [-0.1, -0.05) is 29.8 Å². The standard InChI is InChI=1S/C17H27ClN2O.2C2HF3O2/c1-14-16(8-9-19(2)3)13-21-11-10-20(14)12-15-6-4-5-7-17(15)18;2*3-2(4,5)1(6)7/h4-7,14,16H,8-13H2,1-3H3;2*(H,6,7)/t14-,16+;;/m0../s1. The third kappa shape index (κ3) is 14.2. The molecule has 1 saturated heterocycles. The lowest BCUT2D eigenvalue weighted by molar-refractivity contribution is -0.193. The zero-order valence-corrected chi connectivity index (χ0v) is 20.1. The maximum Gasteiger partial charge on any atom is 0.490 e. The van der Waals surface area contributed by atoms with Gasteiger partial charge in [-0.3, -0.25) is 4.90 Å². The Labute approximate surface area is 204 Å². The van der Waals surface area contributed by atoms with Crippen molar-refractivity contribution in [1.29, 1.82) is 0 Å². The Morgan fingerprint density at radius 2 is 1.57 bits per heavy atom. The van der Waals surface area contributed by atoms with Crippen LogP contribution in [0.2, 0.25) is 5.02 Å². The van der Waals surface area contributed by atoms with Crippen LogP contribution in [0, 0.1) is 5.92 Å². The zero-order valence-electron chi connectivity index (χ0n) is 19.4. The van der Waals surface area contributed by atoms with Gasteiger partial charge in [-0.15, -0.1) is 0 Å². The summed E-state index contributed by atoms with van der Waals surface area (Å²) in [6.45, 7) is 7.00. The van der Waals surface area contributed by atoms with E-state index in [9.17, 15) is 26.3 Å². The van der Waals surface area contributed by atoms with Gasteiger partial charge in [0.1, 0.15) is 0 Å². The number of carboxylic acid groups (broad SMARTS) is 2. The van der Waals surface area contributed by atoms with Crippen molar-refractivity contribution in [2.75, 3.05) is 40.4 Å². The van der Waals surface area contributed by atoms with Gasteiger partial charge in [0.2, 0.25) is 0 Å². The van der Waals surface area contributed by atoms with E-state index in [1.807, 2.05) is 12.1 Å². The number of carboxylic acids is 2. The number of nitrogens with zero attached hydrogens (tertiary/aromatic N) is 2. The summed E-state index contributed by atoms with van der Waals surface area (Å²) >= 11 is 6.31. The first-order chi connectivity index (χ1) is 16.0. The molecule has 1 aliphatic rings. The Hall–Kier alpha value is -2.09. The molecule has 1 aromatic carbocycles. The molecule has 1 aliphatic heterocycles. The Morgan fingerprint density at radius 1 is 1.09 bits per heavy atom. The summed E-state index contributed by atoms with van der Waals surface area (Å²) < 4.78 is 69.3. The molecule has 2 atom stereocenters. The summed E-state index contributed by atoms with van der Waals surface area (Å²) in [6.07, 6.45) is -8.99. The van der Waals surface area contributed by atoms with Crippen molar-refractivity contribution in [3.05, 3.63) is 34.9 Å². The van der Waals surface area contributed by atoms with Crippen LogP contribution in [0.25, 0.3) is 0 Å². The van der Waals surface area contributed by atoms with Gasteiger partial charge in [-0.05, 0) is 51.5 Å². The lowest BCUT2D eigenvalue weighted by Crippen LogP contribution is -2.39. The number of rotatable bonds is 5. The van der Waals surface area contributed by atoms with Crippen molar-refractivity contribution in [2.24, 2.45) is 5.92 Å². The number of hydrogen-bond donors (Lipinski definition) is 2. The van der Waals surface area contributed by atoms with E-state index >= 15 is 0 Å². The molecule has 2 rings (SSSR count). The molecule has 7 nitrogen and oxygen atoms in total. The van der Waals surface area contributed by atoms with Crippen LogP contribution in [0.3, 0.4) is 0 Å². The van der Waals surface area contributed by atoms with Crippen LogP contribution < -0.4 is 0 Å². The smallest absolute Gasteiger partial charge is 0.475 e. The van der Waals surface area contributed by atoms with Crippen molar-refractivity contribution in [2.45, 2.75) is 38.3 Å². The van der Waals surface area contributed by atoms with Gasteiger partial charge in [0.15, 0.2) is 0 Å². The van der Waals surface area contributed by atoms with Crippen molar-refractivity contribution < 1.29 is 50.9 Å². The highest BCUT2D eigenvalue weighted by molar-refractivity contribution is 6.31. The molecule has 35 heavy (non-hydrogen) atoms. The number of alkyl halides is 6. The molecule has 2 N–H and O–H groups in total. The highest BCUT2D eigenvalue weighted by Crippen LogP contribution is 2.24. The molecule has 0 spiro atoms. The van der Waals surface area contributed by atoms with Crippen LogP contribution in [0.15, 0.2) is 24.3 Å². The van der Waals surface area contributed by atoms with Crippen molar-refractivity contribution in [1.82, 2.24) is 9.80 Å². The highest BCUT2D eigenvalue weighted by atomic mass is 35.5. The number of benzene rings is 1. The fourth-order valence-corrected chi connectivity index (χ4v) is 3.07. The Morgan fingerprint density at radius 3 is 2.00 bits per heavy atom. The molecule has 0 saturated carbocycles. The molecule has 0 aromatic heterocycles. The minimum Gasteiger partial charge on any atom is -0.475 e. The largest absolute Gasteiger partial charge is 0.490 e. The van der Waals surface area contributed by atoms with Crippen LogP contribution in [0.4, 0.5) is 26.3 Å². The average Bonchev–Trinajstić information content (AvgIpc) is 2.89. The Bertz CT molecular complexity index is 768. The van der Waals surface area contributed by atoms with E-state index in [0.29, 0.717) is 12.0 Å². The average molecular weight is 539 g/mol. The van der Waals surface area contributed by atoms with Crippen LogP contribution in [0.1, 0.15) is 18.9 Å². The van der Waals surface area contributed by atoms with Gasteiger partial charge in [0, 0.05) is 24.2 Å². The lowest BCUT2D eigenvalue weighted by Gasteiger charge is -2.32. The van der Waals surface area contributed by atoms with Gasteiger partial charge in [-0.25, -0.2) is 9.59 Å². The fraction of sp³-hybridized carbons (Fsp3) is 0.619. The van der Waals surface area contributed by atoms with E-state index in [-0.39, 0.29) is 0 Å². The number of halogens is 7. The Balaban J connectivity index is 0.000000680. The van der Waals surface area contributed by atoms with Crippen LogP contribution in [0.5, 0.6) is 0 Å². The summed E-state index contributed by atoms with van der Waals surface area (Å²) in [5.74, 6) is -4.93. The van der Waals surface area contributed by atoms with Gasteiger partial charge in [-0.2, -0.15) is 26.3 Å². The normalized spacial score (nSPS) is 19.1. The second kappa shape index (κ2) is 15.1. The van der Waals surface area contributed by atoms with Gasteiger partial charge >= 0.3 is 24.3 Å². The van der Waals surface area contributed by atoms with Crippen molar-refractivity contribution in [3.63, 3.8) is 0 Å². The van der Waals surface area contributed by atoms with Crippen molar-refractivity contribution >= 4 is 23.5 Å². The minimum absolute atomic E-state index is 0.517. The van der Waals surface area contributed by atoms with Crippen LogP contribution >= 0.6 is 11.6 Å². The summed E-state index contributed by atoms with van der Waals surface area (Å²) in [6, 6.07) is 8.66. The molecule has 0 unspecified atom stereocenters. The van der Waals surface area contributed by atoms with Crippen molar-refractivity contribution in [3.8, 4) is 0 Å². The molecule has 1 heterocycles. The first-order valence-electron chi connectivity index (χ1n) is 10.3. The number of carbonyl (C=O) groups is 2. The number of aliphatic carboxylic acids is 2. The molecule has 0 bridgehead atoms. The predicted molar refractivity (Wildman–Crippen MR) is 116 cm³/mol. The summed E-state index contributed by atoms with van der Waals surface area (Å²) in [5.41, 5.74) is 1.21. The van der Waals surface area contributed by atoms with Crippen LogP contribution in [-0.2, 0) is 20.9 Å². The lowest BCUT2D eigenvalue weighted by atomic mass is 9.96. The number of ether oxygens (including phenoxy) is 1. The SMILES string of the molecule is C[C@H]1[C@H](CCN(C)C)COCCN1Cc1ccccc1Cl.O=C(O)C(F)(F)F.O=C(O)C(F)(F)F. The zero-order chi connectivity index (χ0) is 27.4. The first-order valence-corrected chi connectivity index (χ1v) is 10.6. The third-order valence-electron chi connectivity index (χ3n) is 4.88. The molecular weight excluding hydrogens is 510 g/mol. The van der Waals surface area contributed by atoms with E-state index in [0.717, 1.165) is 37.9 Å².